The smallest absolute Gasteiger partial charge is 0.328 e. The highest BCUT2D eigenvalue weighted by molar-refractivity contribution is 6.07. The van der Waals surface area contributed by atoms with Crippen molar-refractivity contribution in [1.82, 2.24) is 15.1 Å². The molecular weight excluding hydrogens is 690 g/mol. The van der Waals surface area contributed by atoms with Crippen molar-refractivity contribution in [2.24, 2.45) is 5.92 Å². The lowest BCUT2D eigenvalue weighted by Crippen LogP contribution is -2.48. The number of hydrogen-bond donors (Lipinski definition) is 3. The number of carbonyl (C=O) groups is 4. The molecule has 0 aromatic heterocycles. The lowest BCUT2D eigenvalue weighted by atomic mass is 10.00. The Kier molecular flexibility index (Phi) is 11.1. The summed E-state index contributed by atoms with van der Waals surface area (Å²) in [6, 6.07) is 16.6. The maximum atomic E-state index is 14.3. The number of rotatable bonds is 14. The Morgan fingerprint density at radius 2 is 1.69 bits per heavy atom. The number of methoxy groups -OCH3 is 1. The molecule has 2 aliphatic heterocycles. The third-order valence-corrected chi connectivity index (χ3v) is 9.96. The molecule has 6 rings (SSSR count). The van der Waals surface area contributed by atoms with Crippen LogP contribution in [0.2, 0.25) is 0 Å². The van der Waals surface area contributed by atoms with Gasteiger partial charge in [-0.15, -0.1) is 0 Å². The fraction of sp³-hybridized carbons (Fsp3) is 0.463. The molecule has 3 aliphatic rings. The van der Waals surface area contributed by atoms with Crippen molar-refractivity contribution in [3.8, 4) is 17.2 Å². The first-order chi connectivity index (χ1) is 25.6. The van der Waals surface area contributed by atoms with Crippen molar-refractivity contribution >= 4 is 35.3 Å². The van der Waals surface area contributed by atoms with Gasteiger partial charge in [-0.05, 0) is 101 Å². The standard InChI is InChI=1S/C41H51N5O8/c1-25-10-8-9-11-30(25)43-38(49)44-31-16-14-27(19-34(31)51-7)23-45-39(50)46(37(48)41(45,5)6)29(18-26-12-13-26)22-42-32(21-36(47)54-40(2,3)4)28-15-17-33-35(20-28)53-24-52-33/h8-11,14-17,19-20,26,29,32,42H,12-13,18,21-24H2,1-7H3,(H2,43,44,49)/t29-,32-/m0/s1. The number of urea groups is 2. The second kappa shape index (κ2) is 15.6. The lowest BCUT2D eigenvalue weighted by Gasteiger charge is -2.29. The maximum Gasteiger partial charge on any atom is 0.328 e. The fourth-order valence-corrected chi connectivity index (χ4v) is 6.85. The molecule has 0 bridgehead atoms. The molecule has 54 heavy (non-hydrogen) atoms. The van der Waals surface area contributed by atoms with Crippen molar-refractivity contribution in [2.45, 2.75) is 97.0 Å². The normalized spacial score (nSPS) is 17.3. The van der Waals surface area contributed by atoms with Crippen molar-refractivity contribution in [3.05, 3.63) is 77.4 Å². The lowest BCUT2D eigenvalue weighted by molar-refractivity contribution is -0.155. The second-order valence-corrected chi connectivity index (χ2v) is 15.7. The van der Waals surface area contributed by atoms with Gasteiger partial charge in [0.2, 0.25) is 6.79 Å². The van der Waals surface area contributed by atoms with Gasteiger partial charge in [0.25, 0.3) is 5.91 Å². The molecule has 3 aromatic carbocycles. The number of benzene rings is 3. The summed E-state index contributed by atoms with van der Waals surface area (Å²) in [6.07, 6.45) is 2.75. The zero-order valence-electron chi connectivity index (χ0n) is 32.1. The summed E-state index contributed by atoms with van der Waals surface area (Å²) in [5, 5.41) is 9.21. The van der Waals surface area contributed by atoms with Gasteiger partial charge in [0.05, 0.1) is 25.3 Å². The van der Waals surface area contributed by atoms with Crippen molar-refractivity contribution in [1.29, 1.82) is 0 Å². The third kappa shape index (κ3) is 8.90. The summed E-state index contributed by atoms with van der Waals surface area (Å²) in [4.78, 5) is 57.4. The number of nitrogens with one attached hydrogen (secondary N) is 3. The van der Waals surface area contributed by atoms with Gasteiger partial charge in [0, 0.05) is 24.8 Å². The molecule has 0 spiro atoms. The van der Waals surface area contributed by atoms with Gasteiger partial charge in [-0.25, -0.2) is 9.59 Å². The summed E-state index contributed by atoms with van der Waals surface area (Å²) in [6.45, 7) is 11.4. The van der Waals surface area contributed by atoms with E-state index in [1.54, 1.807) is 36.9 Å². The van der Waals surface area contributed by atoms with Crippen LogP contribution in [0.25, 0.3) is 0 Å². The Balaban J connectivity index is 1.18. The highest BCUT2D eigenvalue weighted by Crippen LogP contribution is 2.40. The van der Waals surface area contributed by atoms with Crippen LogP contribution in [0.15, 0.2) is 60.7 Å². The van der Waals surface area contributed by atoms with E-state index in [4.69, 9.17) is 18.9 Å². The van der Waals surface area contributed by atoms with E-state index in [-0.39, 0.29) is 44.2 Å². The third-order valence-electron chi connectivity index (χ3n) is 9.96. The average molecular weight is 742 g/mol. The highest BCUT2D eigenvalue weighted by Gasteiger charge is 2.53. The van der Waals surface area contributed by atoms with Crippen molar-refractivity contribution < 1.29 is 38.1 Å². The number of nitrogens with zero attached hydrogens (tertiary/aromatic N) is 2. The fourth-order valence-electron chi connectivity index (χ4n) is 6.85. The Bertz CT molecular complexity index is 1900. The Labute approximate surface area is 316 Å². The van der Waals surface area contributed by atoms with Crippen LogP contribution in [0.4, 0.5) is 21.0 Å². The largest absolute Gasteiger partial charge is 0.495 e. The van der Waals surface area contributed by atoms with E-state index in [1.165, 1.54) is 12.0 Å². The first kappa shape index (κ1) is 38.4. The molecular formula is C41H51N5O8. The summed E-state index contributed by atoms with van der Waals surface area (Å²) in [7, 11) is 1.51. The van der Waals surface area contributed by atoms with E-state index in [0.29, 0.717) is 41.0 Å². The topological polar surface area (TPSA) is 148 Å². The molecule has 1 saturated heterocycles. The number of para-hydroxylation sites is 1. The summed E-state index contributed by atoms with van der Waals surface area (Å²) >= 11 is 0. The minimum Gasteiger partial charge on any atom is -0.495 e. The van der Waals surface area contributed by atoms with Crippen molar-refractivity contribution in [2.75, 3.05) is 31.1 Å². The summed E-state index contributed by atoms with van der Waals surface area (Å²) < 4.78 is 22.4. The molecule has 13 heteroatoms. The predicted octanol–water partition coefficient (Wildman–Crippen LogP) is 7.15. The number of fused-ring (bicyclic) bond motifs is 1. The number of hydrogen-bond acceptors (Lipinski definition) is 9. The quantitative estimate of drug-likeness (QED) is 0.116. The number of imide groups is 1. The molecule has 1 aliphatic carbocycles. The zero-order chi connectivity index (χ0) is 38.8. The van der Waals surface area contributed by atoms with E-state index in [1.807, 2.05) is 70.2 Å². The molecule has 13 nitrogen and oxygen atoms in total. The highest BCUT2D eigenvalue weighted by atomic mass is 16.7. The molecule has 288 valence electrons. The Morgan fingerprint density at radius 1 is 0.963 bits per heavy atom. The van der Waals surface area contributed by atoms with Gasteiger partial charge < -0.3 is 39.8 Å². The number of anilines is 2. The van der Waals surface area contributed by atoms with E-state index in [2.05, 4.69) is 16.0 Å². The number of esters is 1. The minimum absolute atomic E-state index is 0.0345. The second-order valence-electron chi connectivity index (χ2n) is 15.7. The van der Waals surface area contributed by atoms with Crippen LogP contribution in [0.3, 0.4) is 0 Å². The van der Waals surface area contributed by atoms with Crippen molar-refractivity contribution in [3.63, 3.8) is 0 Å². The van der Waals surface area contributed by atoms with Gasteiger partial charge in [0.1, 0.15) is 16.9 Å². The molecule has 3 aromatic rings. The van der Waals surface area contributed by atoms with E-state index >= 15 is 0 Å². The predicted molar refractivity (Wildman–Crippen MR) is 204 cm³/mol. The first-order valence-corrected chi connectivity index (χ1v) is 18.4. The molecule has 2 fully saturated rings. The molecule has 1 saturated carbocycles. The molecule has 5 amide bonds. The molecule has 0 unspecified atom stereocenters. The molecule has 0 radical (unpaired) electrons. The number of ether oxygens (including phenoxy) is 4. The SMILES string of the molecule is COc1cc(CN2C(=O)N([C@H](CN[C@@H](CC(=O)OC(C)(C)C)c3ccc4c(c3)OCO4)CC3CC3)C(=O)C2(C)C)ccc1NC(=O)Nc1ccccc1C. The van der Waals surface area contributed by atoms with Crippen LogP contribution in [-0.4, -0.2) is 71.4 Å². The van der Waals surface area contributed by atoms with E-state index < -0.39 is 29.3 Å². The molecule has 2 atom stereocenters. The van der Waals surface area contributed by atoms with Gasteiger partial charge in [-0.2, -0.15) is 0 Å². The van der Waals surface area contributed by atoms with Gasteiger partial charge >= 0.3 is 18.0 Å². The van der Waals surface area contributed by atoms with Crippen LogP contribution in [0, 0.1) is 12.8 Å². The van der Waals surface area contributed by atoms with Gasteiger partial charge in [-0.3, -0.25) is 14.5 Å². The Hall–Kier alpha value is -5.30. The van der Waals surface area contributed by atoms with Crippen LogP contribution in [0.1, 0.15) is 83.0 Å². The van der Waals surface area contributed by atoms with E-state index in [9.17, 15) is 19.2 Å². The summed E-state index contributed by atoms with van der Waals surface area (Å²) in [5.41, 5.74) is 1.81. The molecule has 2 heterocycles. The first-order valence-electron chi connectivity index (χ1n) is 18.4. The van der Waals surface area contributed by atoms with Crippen LogP contribution < -0.4 is 30.2 Å². The average Bonchev–Trinajstić information content (AvgIpc) is 3.77. The van der Waals surface area contributed by atoms with Gasteiger partial charge in [0.15, 0.2) is 11.5 Å². The maximum absolute atomic E-state index is 14.3. The molecule has 3 N–H and O–H groups in total. The minimum atomic E-state index is -1.14. The Morgan fingerprint density at radius 3 is 2.39 bits per heavy atom. The van der Waals surface area contributed by atoms with Crippen LogP contribution >= 0.6 is 0 Å². The summed E-state index contributed by atoms with van der Waals surface area (Å²) in [5.74, 6) is 1.37. The van der Waals surface area contributed by atoms with Gasteiger partial charge in [-0.1, -0.05) is 43.2 Å². The zero-order valence-corrected chi connectivity index (χ0v) is 32.1. The van der Waals surface area contributed by atoms with E-state index in [0.717, 1.165) is 29.5 Å². The van der Waals surface area contributed by atoms with Crippen LogP contribution in [0.5, 0.6) is 17.2 Å². The number of aryl methyl sites for hydroxylation is 1. The van der Waals surface area contributed by atoms with Crippen LogP contribution in [-0.2, 0) is 20.9 Å². The monoisotopic (exact) mass is 741 g/mol. The number of amides is 5. The number of carbonyl (C=O) groups excluding carboxylic acids is 4.